The number of hydrogen-bond donors (Lipinski definition) is 3. The predicted molar refractivity (Wildman–Crippen MR) is 135 cm³/mol. The van der Waals surface area contributed by atoms with Crippen LogP contribution in [0.1, 0.15) is 50.5 Å². The van der Waals surface area contributed by atoms with Gasteiger partial charge in [-0.15, -0.1) is 0 Å². The van der Waals surface area contributed by atoms with Gasteiger partial charge in [-0.1, -0.05) is 32.0 Å². The molecule has 8 heteroatoms. The number of ether oxygens (including phenoxy) is 1. The number of carbonyl (C=O) groups is 3. The Bertz CT molecular complexity index is 1190. The molecular weight excluding hydrogens is 498 g/mol. The first-order valence-corrected chi connectivity index (χ1v) is 11.5. The zero-order chi connectivity index (χ0) is 24.7. The molecule has 0 spiro atoms. The van der Waals surface area contributed by atoms with Crippen molar-refractivity contribution in [2.24, 2.45) is 5.92 Å². The molecule has 3 N–H and O–H groups in total. The number of hydrogen-bond acceptors (Lipinski definition) is 4. The smallest absolute Gasteiger partial charge is 0.269 e. The van der Waals surface area contributed by atoms with Gasteiger partial charge >= 0.3 is 0 Å². The van der Waals surface area contributed by atoms with Gasteiger partial charge in [0.2, 0.25) is 0 Å². The largest absolute Gasteiger partial charge is 0.492 e. The standard InChI is InChI=1S/C26H26BrN3O4/c1-16(2)15-34-23-13-10-19(14-22(23)27)25(32)30-29-24(31)18-8-11-20(12-9-18)28-26(33)21-7-5-4-6-17(21)3/h4-14,16H,15H2,1-3H3,(H,28,33)(H,29,31)(H,30,32). The van der Waals surface area contributed by atoms with Crippen LogP contribution in [0.2, 0.25) is 0 Å². The normalized spacial score (nSPS) is 10.5. The third-order valence-corrected chi connectivity index (χ3v) is 5.47. The lowest BCUT2D eigenvalue weighted by molar-refractivity contribution is 0.0846. The van der Waals surface area contributed by atoms with Crippen molar-refractivity contribution in [3.8, 4) is 5.75 Å². The fraction of sp³-hybridized carbons (Fsp3) is 0.192. The Morgan fingerprint density at radius 2 is 1.47 bits per heavy atom. The summed E-state index contributed by atoms with van der Waals surface area (Å²) in [6.45, 7) is 6.53. The van der Waals surface area contributed by atoms with Crippen LogP contribution in [0, 0.1) is 12.8 Å². The SMILES string of the molecule is Cc1ccccc1C(=O)Nc1ccc(C(=O)NNC(=O)c2ccc(OCC(C)C)c(Br)c2)cc1. The van der Waals surface area contributed by atoms with Crippen molar-refractivity contribution in [1.82, 2.24) is 10.9 Å². The van der Waals surface area contributed by atoms with Crippen LogP contribution in [0.25, 0.3) is 0 Å². The monoisotopic (exact) mass is 523 g/mol. The summed E-state index contributed by atoms with van der Waals surface area (Å²) >= 11 is 3.40. The van der Waals surface area contributed by atoms with Gasteiger partial charge in [-0.25, -0.2) is 0 Å². The van der Waals surface area contributed by atoms with Gasteiger partial charge < -0.3 is 10.1 Å². The molecule has 0 atom stereocenters. The molecule has 0 aromatic heterocycles. The molecule has 34 heavy (non-hydrogen) atoms. The van der Waals surface area contributed by atoms with E-state index in [9.17, 15) is 14.4 Å². The number of carbonyl (C=O) groups excluding carboxylic acids is 3. The zero-order valence-electron chi connectivity index (χ0n) is 19.1. The molecule has 0 unspecified atom stereocenters. The molecule has 0 fully saturated rings. The fourth-order valence-electron chi connectivity index (χ4n) is 3.00. The Morgan fingerprint density at radius 1 is 0.853 bits per heavy atom. The average Bonchev–Trinajstić information content (AvgIpc) is 2.82. The van der Waals surface area contributed by atoms with Crippen molar-refractivity contribution < 1.29 is 19.1 Å². The molecule has 3 aromatic carbocycles. The number of nitrogens with one attached hydrogen (secondary N) is 3. The predicted octanol–water partition coefficient (Wildman–Crippen LogP) is 5.12. The van der Waals surface area contributed by atoms with Crippen LogP contribution in [0.4, 0.5) is 5.69 Å². The highest BCUT2D eigenvalue weighted by Gasteiger charge is 2.13. The molecule has 0 aliphatic rings. The van der Waals surface area contributed by atoms with Crippen LogP contribution < -0.4 is 20.9 Å². The van der Waals surface area contributed by atoms with E-state index in [0.29, 0.717) is 45.1 Å². The Morgan fingerprint density at radius 3 is 2.09 bits per heavy atom. The van der Waals surface area contributed by atoms with Crippen LogP contribution >= 0.6 is 15.9 Å². The highest BCUT2D eigenvalue weighted by Crippen LogP contribution is 2.26. The number of anilines is 1. The summed E-state index contributed by atoms with van der Waals surface area (Å²) in [7, 11) is 0. The molecule has 7 nitrogen and oxygen atoms in total. The average molecular weight is 524 g/mol. The van der Waals surface area contributed by atoms with E-state index < -0.39 is 11.8 Å². The molecule has 176 valence electrons. The van der Waals surface area contributed by atoms with Crippen LogP contribution in [0.3, 0.4) is 0 Å². The second kappa shape index (κ2) is 11.5. The molecule has 0 heterocycles. The highest BCUT2D eigenvalue weighted by molar-refractivity contribution is 9.10. The first kappa shape index (κ1) is 25.0. The van der Waals surface area contributed by atoms with E-state index in [1.54, 1.807) is 54.6 Å². The van der Waals surface area contributed by atoms with Gasteiger partial charge in [0.1, 0.15) is 5.75 Å². The van der Waals surface area contributed by atoms with Crippen molar-refractivity contribution in [1.29, 1.82) is 0 Å². The van der Waals surface area contributed by atoms with Crippen molar-refractivity contribution in [2.45, 2.75) is 20.8 Å². The van der Waals surface area contributed by atoms with Crippen LogP contribution in [0.15, 0.2) is 71.2 Å². The maximum absolute atomic E-state index is 12.4. The minimum atomic E-state index is -0.485. The number of aryl methyl sites for hydroxylation is 1. The molecule has 0 bridgehead atoms. The highest BCUT2D eigenvalue weighted by atomic mass is 79.9. The second-order valence-electron chi connectivity index (χ2n) is 8.10. The summed E-state index contributed by atoms with van der Waals surface area (Å²) in [4.78, 5) is 37.2. The third-order valence-electron chi connectivity index (χ3n) is 4.85. The van der Waals surface area contributed by atoms with E-state index in [2.05, 4.69) is 32.1 Å². The minimum absolute atomic E-state index is 0.227. The van der Waals surface area contributed by atoms with E-state index in [0.717, 1.165) is 5.56 Å². The molecule has 0 aliphatic heterocycles. The summed E-state index contributed by atoms with van der Waals surface area (Å²) in [6, 6.07) is 18.6. The fourth-order valence-corrected chi connectivity index (χ4v) is 3.50. The molecule has 0 saturated carbocycles. The molecule has 0 aliphatic carbocycles. The Kier molecular flexibility index (Phi) is 8.43. The molecule has 3 rings (SSSR count). The number of halogens is 1. The lowest BCUT2D eigenvalue weighted by Gasteiger charge is -2.12. The van der Waals surface area contributed by atoms with E-state index in [4.69, 9.17) is 4.74 Å². The zero-order valence-corrected chi connectivity index (χ0v) is 20.7. The van der Waals surface area contributed by atoms with Crippen molar-refractivity contribution >= 4 is 39.3 Å². The van der Waals surface area contributed by atoms with E-state index >= 15 is 0 Å². The van der Waals surface area contributed by atoms with Gasteiger partial charge in [-0.05, 0) is 82.9 Å². The number of hydrazine groups is 1. The van der Waals surface area contributed by atoms with Gasteiger partial charge in [0, 0.05) is 22.4 Å². The van der Waals surface area contributed by atoms with Crippen LogP contribution in [-0.4, -0.2) is 24.3 Å². The summed E-state index contributed by atoms with van der Waals surface area (Å²) in [5.41, 5.74) is 7.49. The van der Waals surface area contributed by atoms with E-state index in [1.807, 2.05) is 32.9 Å². The van der Waals surface area contributed by atoms with Crippen molar-refractivity contribution in [3.05, 3.63) is 93.5 Å². The topological polar surface area (TPSA) is 96.5 Å². The van der Waals surface area contributed by atoms with Gasteiger partial charge in [0.05, 0.1) is 11.1 Å². The summed E-state index contributed by atoms with van der Waals surface area (Å²) in [5, 5.41) is 2.81. The first-order valence-electron chi connectivity index (χ1n) is 10.7. The second-order valence-corrected chi connectivity index (χ2v) is 8.96. The van der Waals surface area contributed by atoms with Gasteiger partial charge in [-0.2, -0.15) is 0 Å². The molecule has 0 saturated heterocycles. The van der Waals surface area contributed by atoms with Crippen LogP contribution in [0.5, 0.6) is 5.75 Å². The van der Waals surface area contributed by atoms with Gasteiger partial charge in [-0.3, -0.25) is 25.2 Å². The summed E-state index contributed by atoms with van der Waals surface area (Å²) < 4.78 is 6.33. The summed E-state index contributed by atoms with van der Waals surface area (Å²) in [5.74, 6) is -0.158. The number of rotatable bonds is 7. The quantitative estimate of drug-likeness (QED) is 0.374. The van der Waals surface area contributed by atoms with E-state index in [-0.39, 0.29) is 5.91 Å². The maximum atomic E-state index is 12.4. The van der Waals surface area contributed by atoms with E-state index in [1.165, 1.54) is 0 Å². The maximum Gasteiger partial charge on any atom is 0.269 e. The lowest BCUT2D eigenvalue weighted by atomic mass is 10.1. The first-order chi connectivity index (χ1) is 16.2. The molecule has 0 radical (unpaired) electrons. The van der Waals surface area contributed by atoms with Crippen LogP contribution in [-0.2, 0) is 0 Å². The Labute approximate surface area is 207 Å². The number of amides is 3. The molecule has 3 amide bonds. The Balaban J connectivity index is 1.54. The third kappa shape index (κ3) is 6.68. The van der Waals surface area contributed by atoms with Gasteiger partial charge in [0.25, 0.3) is 17.7 Å². The van der Waals surface area contributed by atoms with Crippen molar-refractivity contribution in [2.75, 3.05) is 11.9 Å². The molecule has 3 aromatic rings. The number of benzene rings is 3. The summed E-state index contributed by atoms with van der Waals surface area (Å²) in [6.07, 6.45) is 0. The minimum Gasteiger partial charge on any atom is -0.492 e. The van der Waals surface area contributed by atoms with Crippen molar-refractivity contribution in [3.63, 3.8) is 0 Å². The van der Waals surface area contributed by atoms with Gasteiger partial charge in [0.15, 0.2) is 0 Å². The Hall–Kier alpha value is -3.65. The molecular formula is C26H26BrN3O4. The lowest BCUT2D eigenvalue weighted by Crippen LogP contribution is -2.41.